The fourth-order valence-corrected chi connectivity index (χ4v) is 1.85. The molecular weight excluding hydrogens is 249 g/mol. The first kappa shape index (κ1) is 11.3. The SMILES string of the molecule is CCn1c(-c2ccc(Cl)c(F)c2)n[nH]c1=S. The molecule has 0 bridgehead atoms. The molecular formula is C10H9ClFN3S. The number of H-pyrrole nitrogens is 1. The summed E-state index contributed by atoms with van der Waals surface area (Å²) in [5, 5.41) is 6.84. The fraction of sp³-hybridized carbons (Fsp3) is 0.200. The number of hydrogen-bond donors (Lipinski definition) is 1. The van der Waals surface area contributed by atoms with Crippen molar-refractivity contribution in [3.63, 3.8) is 0 Å². The first-order valence-electron chi connectivity index (χ1n) is 4.74. The molecule has 2 aromatic rings. The smallest absolute Gasteiger partial charge is 0.195 e. The Morgan fingerprint density at radius 1 is 1.56 bits per heavy atom. The average molecular weight is 258 g/mol. The number of halogens is 2. The molecule has 16 heavy (non-hydrogen) atoms. The van der Waals surface area contributed by atoms with Crippen LogP contribution in [0.2, 0.25) is 5.02 Å². The molecule has 1 heterocycles. The molecule has 84 valence electrons. The second-order valence-electron chi connectivity index (χ2n) is 3.23. The van der Waals surface area contributed by atoms with Crippen LogP contribution in [-0.4, -0.2) is 14.8 Å². The zero-order valence-electron chi connectivity index (χ0n) is 8.50. The lowest BCUT2D eigenvalue weighted by Gasteiger charge is -2.03. The van der Waals surface area contributed by atoms with E-state index < -0.39 is 5.82 Å². The molecule has 6 heteroatoms. The van der Waals surface area contributed by atoms with Gasteiger partial charge in [-0.2, -0.15) is 5.10 Å². The second-order valence-corrected chi connectivity index (χ2v) is 4.02. The highest BCUT2D eigenvalue weighted by atomic mass is 35.5. The van der Waals surface area contributed by atoms with Crippen molar-refractivity contribution in [3.05, 3.63) is 33.8 Å². The maximum Gasteiger partial charge on any atom is 0.195 e. The molecule has 0 fully saturated rings. The second kappa shape index (κ2) is 4.35. The van der Waals surface area contributed by atoms with Crippen LogP contribution in [0.25, 0.3) is 11.4 Å². The van der Waals surface area contributed by atoms with Gasteiger partial charge in [0.1, 0.15) is 5.82 Å². The molecule has 0 radical (unpaired) electrons. The monoisotopic (exact) mass is 257 g/mol. The van der Waals surface area contributed by atoms with Gasteiger partial charge >= 0.3 is 0 Å². The summed E-state index contributed by atoms with van der Waals surface area (Å²) < 4.78 is 15.6. The summed E-state index contributed by atoms with van der Waals surface area (Å²) in [6.45, 7) is 2.62. The number of nitrogens with one attached hydrogen (secondary N) is 1. The summed E-state index contributed by atoms with van der Waals surface area (Å²) in [5.41, 5.74) is 0.649. The Morgan fingerprint density at radius 2 is 2.31 bits per heavy atom. The van der Waals surface area contributed by atoms with E-state index in [9.17, 15) is 4.39 Å². The lowest BCUT2D eigenvalue weighted by atomic mass is 10.2. The van der Waals surface area contributed by atoms with E-state index >= 15 is 0 Å². The van der Waals surface area contributed by atoms with Gasteiger partial charge in [0.05, 0.1) is 5.02 Å². The standard InChI is InChI=1S/C10H9ClFN3S/c1-2-15-9(13-14-10(15)16)6-3-4-7(11)8(12)5-6/h3-5H,2H2,1H3,(H,14,16). The maximum atomic E-state index is 13.3. The van der Waals surface area contributed by atoms with Crippen molar-refractivity contribution in [2.45, 2.75) is 13.5 Å². The summed E-state index contributed by atoms with van der Waals surface area (Å²) in [6, 6.07) is 4.56. The van der Waals surface area contributed by atoms with E-state index in [2.05, 4.69) is 10.2 Å². The lowest BCUT2D eigenvalue weighted by Crippen LogP contribution is -1.97. The normalized spacial score (nSPS) is 10.7. The number of rotatable bonds is 2. The van der Waals surface area contributed by atoms with Crippen molar-refractivity contribution in [3.8, 4) is 11.4 Å². The minimum Gasteiger partial charge on any atom is -0.300 e. The van der Waals surface area contributed by atoms with Gasteiger partial charge in [-0.05, 0) is 37.3 Å². The Bertz CT molecular complexity index is 576. The Morgan fingerprint density at radius 3 is 2.94 bits per heavy atom. The highest BCUT2D eigenvalue weighted by Gasteiger charge is 2.09. The molecule has 0 spiro atoms. The molecule has 0 aliphatic rings. The molecule has 0 aliphatic carbocycles. The first-order valence-corrected chi connectivity index (χ1v) is 5.52. The summed E-state index contributed by atoms with van der Waals surface area (Å²) in [7, 11) is 0. The summed E-state index contributed by atoms with van der Waals surface area (Å²) >= 11 is 10.7. The third-order valence-corrected chi connectivity index (χ3v) is 2.87. The van der Waals surface area contributed by atoms with Gasteiger partial charge in [-0.25, -0.2) is 4.39 Å². The maximum absolute atomic E-state index is 13.3. The number of aromatic amines is 1. The van der Waals surface area contributed by atoms with Crippen molar-refractivity contribution in [1.82, 2.24) is 14.8 Å². The van der Waals surface area contributed by atoms with Crippen LogP contribution < -0.4 is 0 Å². The summed E-state index contributed by atoms with van der Waals surface area (Å²) in [5.74, 6) is 0.152. The van der Waals surface area contributed by atoms with Gasteiger partial charge in [-0.15, -0.1) is 0 Å². The Labute approximate surface area is 102 Å². The van der Waals surface area contributed by atoms with Crippen molar-refractivity contribution >= 4 is 23.8 Å². The van der Waals surface area contributed by atoms with E-state index in [0.717, 1.165) is 0 Å². The van der Waals surface area contributed by atoms with Crippen molar-refractivity contribution in [1.29, 1.82) is 0 Å². The largest absolute Gasteiger partial charge is 0.300 e. The average Bonchev–Trinajstić information content (AvgIpc) is 2.63. The van der Waals surface area contributed by atoms with Crippen LogP contribution in [0.1, 0.15) is 6.92 Å². The van der Waals surface area contributed by atoms with Gasteiger partial charge < -0.3 is 4.57 Å². The van der Waals surface area contributed by atoms with E-state index in [4.69, 9.17) is 23.8 Å². The van der Waals surface area contributed by atoms with Gasteiger partial charge in [0.2, 0.25) is 0 Å². The van der Waals surface area contributed by atoms with E-state index in [1.54, 1.807) is 10.6 Å². The summed E-state index contributed by atoms with van der Waals surface area (Å²) in [6.07, 6.45) is 0. The van der Waals surface area contributed by atoms with Crippen LogP contribution in [0.4, 0.5) is 4.39 Å². The molecule has 0 saturated heterocycles. The Balaban J connectivity index is 2.58. The van der Waals surface area contributed by atoms with Crippen LogP contribution in [0, 0.1) is 10.6 Å². The highest BCUT2D eigenvalue weighted by Crippen LogP contribution is 2.22. The Hall–Kier alpha value is -1.20. The molecule has 0 saturated carbocycles. The number of nitrogens with zero attached hydrogens (tertiary/aromatic N) is 2. The van der Waals surface area contributed by atoms with Gasteiger partial charge in [0.25, 0.3) is 0 Å². The minimum absolute atomic E-state index is 0.0981. The predicted molar refractivity (Wildman–Crippen MR) is 63.5 cm³/mol. The van der Waals surface area contributed by atoms with Crippen molar-refractivity contribution in [2.24, 2.45) is 0 Å². The molecule has 3 nitrogen and oxygen atoms in total. The molecule has 0 atom stereocenters. The number of benzene rings is 1. The molecule has 1 aromatic heterocycles. The van der Waals surface area contributed by atoms with E-state index in [1.807, 2.05) is 6.92 Å². The fourth-order valence-electron chi connectivity index (χ4n) is 1.47. The quantitative estimate of drug-likeness (QED) is 0.837. The zero-order chi connectivity index (χ0) is 11.7. The molecule has 1 N–H and O–H groups in total. The third kappa shape index (κ3) is 1.88. The molecule has 0 unspecified atom stereocenters. The van der Waals surface area contributed by atoms with E-state index in [-0.39, 0.29) is 5.02 Å². The predicted octanol–water partition coefficient (Wildman–Crippen LogP) is 3.42. The van der Waals surface area contributed by atoms with Gasteiger partial charge in [0, 0.05) is 12.1 Å². The Kier molecular flexibility index (Phi) is 3.07. The van der Waals surface area contributed by atoms with Gasteiger partial charge in [0.15, 0.2) is 10.6 Å². The third-order valence-electron chi connectivity index (χ3n) is 2.25. The molecule has 0 aliphatic heterocycles. The minimum atomic E-state index is -0.462. The first-order chi connectivity index (χ1) is 7.63. The van der Waals surface area contributed by atoms with Crippen LogP contribution >= 0.6 is 23.8 Å². The molecule has 2 rings (SSSR count). The van der Waals surface area contributed by atoms with Crippen LogP contribution in [0.15, 0.2) is 18.2 Å². The van der Waals surface area contributed by atoms with E-state index in [0.29, 0.717) is 22.7 Å². The van der Waals surface area contributed by atoms with E-state index in [1.165, 1.54) is 12.1 Å². The summed E-state index contributed by atoms with van der Waals surface area (Å²) in [4.78, 5) is 0. The van der Waals surface area contributed by atoms with Crippen molar-refractivity contribution < 1.29 is 4.39 Å². The topological polar surface area (TPSA) is 33.6 Å². The van der Waals surface area contributed by atoms with Gasteiger partial charge in [-0.3, -0.25) is 5.10 Å². The van der Waals surface area contributed by atoms with Crippen molar-refractivity contribution in [2.75, 3.05) is 0 Å². The zero-order valence-corrected chi connectivity index (χ0v) is 10.1. The molecule has 0 amide bonds. The molecule has 1 aromatic carbocycles. The van der Waals surface area contributed by atoms with Crippen LogP contribution in [0.3, 0.4) is 0 Å². The number of hydrogen-bond acceptors (Lipinski definition) is 2. The van der Waals surface area contributed by atoms with Crippen LogP contribution in [-0.2, 0) is 6.54 Å². The lowest BCUT2D eigenvalue weighted by molar-refractivity contribution is 0.628. The van der Waals surface area contributed by atoms with Gasteiger partial charge in [-0.1, -0.05) is 11.6 Å². The number of aromatic nitrogens is 3. The van der Waals surface area contributed by atoms with Crippen LogP contribution in [0.5, 0.6) is 0 Å². The highest BCUT2D eigenvalue weighted by molar-refractivity contribution is 7.71.